The van der Waals surface area contributed by atoms with Crippen LogP contribution in [-0.4, -0.2) is 52.6 Å². The van der Waals surface area contributed by atoms with Crippen LogP contribution >= 0.6 is 34.4 Å². The highest BCUT2D eigenvalue weighted by atomic mass is 32.2. The molecule has 0 saturated carbocycles. The Hall–Kier alpha value is -2.15. The molecule has 28 heavy (non-hydrogen) atoms. The number of rotatable bonds is 6. The van der Waals surface area contributed by atoms with E-state index in [1.54, 1.807) is 0 Å². The number of aromatic nitrogens is 4. The van der Waals surface area contributed by atoms with Crippen molar-refractivity contribution in [1.29, 1.82) is 0 Å². The lowest BCUT2D eigenvalue weighted by molar-refractivity contribution is 0.102. The van der Waals surface area contributed by atoms with Crippen molar-refractivity contribution in [3.63, 3.8) is 0 Å². The van der Waals surface area contributed by atoms with Gasteiger partial charge in [-0.1, -0.05) is 34.4 Å². The summed E-state index contributed by atoms with van der Waals surface area (Å²) in [5.74, 6) is -0.174. The van der Waals surface area contributed by atoms with E-state index in [0.29, 0.717) is 24.7 Å². The summed E-state index contributed by atoms with van der Waals surface area (Å²) in [5.41, 5.74) is 0.502. The van der Waals surface area contributed by atoms with E-state index >= 15 is 0 Å². The molecule has 0 spiro atoms. The van der Waals surface area contributed by atoms with Crippen molar-refractivity contribution in [2.45, 2.75) is 10.1 Å². The number of nitrogens with zero attached hydrogens (tertiary/aromatic N) is 5. The predicted octanol–water partition coefficient (Wildman–Crippen LogP) is 2.91. The zero-order valence-electron chi connectivity index (χ0n) is 14.5. The number of hydrogen-bond donors (Lipinski definition) is 1. The molecule has 0 atom stereocenters. The fraction of sp³-hybridized carbons (Fsp3) is 0.312. The van der Waals surface area contributed by atoms with E-state index in [0.717, 1.165) is 27.6 Å². The van der Waals surface area contributed by atoms with Crippen LogP contribution in [0.2, 0.25) is 0 Å². The fourth-order valence-electron chi connectivity index (χ4n) is 2.39. The number of carbonyl (C=O) groups excluding carboxylic acids is 1. The molecule has 8 nitrogen and oxygen atoms in total. The Labute approximate surface area is 172 Å². The van der Waals surface area contributed by atoms with Crippen molar-refractivity contribution in [3.05, 3.63) is 40.1 Å². The van der Waals surface area contributed by atoms with Gasteiger partial charge in [0.2, 0.25) is 10.1 Å². The first-order valence-electron chi connectivity index (χ1n) is 8.36. The van der Waals surface area contributed by atoms with E-state index in [2.05, 4.69) is 30.6 Å². The van der Waals surface area contributed by atoms with Crippen LogP contribution < -0.4 is 10.2 Å². The first kappa shape index (κ1) is 19.2. The molecular weight excluding hydrogens is 423 g/mol. The summed E-state index contributed by atoms with van der Waals surface area (Å²) in [6, 6.07) is 5.55. The molecule has 0 unspecified atom stereocenters. The molecule has 12 heteroatoms. The topological polar surface area (TPSA) is 93.1 Å². The zero-order valence-corrected chi connectivity index (χ0v) is 16.9. The summed E-state index contributed by atoms with van der Waals surface area (Å²) in [6.07, 6.45) is 0. The number of hydrogen-bond acceptors (Lipinski definition) is 10. The molecule has 3 aromatic rings. The standard InChI is InChI=1S/C16H15FN6O2S3/c17-10-1-3-11(4-2-10)18-13(24)14-20-19-12(27-14)9-26-16-22-21-15(28-16)23-5-7-25-8-6-23/h1-4H,5-9H2,(H,18,24). The van der Waals surface area contributed by atoms with Gasteiger partial charge in [-0.15, -0.1) is 20.4 Å². The smallest absolute Gasteiger partial charge is 0.286 e. The van der Waals surface area contributed by atoms with Gasteiger partial charge in [-0.25, -0.2) is 4.39 Å². The minimum Gasteiger partial charge on any atom is -0.378 e. The molecule has 2 aromatic heterocycles. The molecule has 1 aliphatic heterocycles. The normalized spacial score (nSPS) is 14.2. The molecule has 0 radical (unpaired) electrons. The number of amides is 1. The summed E-state index contributed by atoms with van der Waals surface area (Å²) in [5, 5.41) is 21.0. The summed E-state index contributed by atoms with van der Waals surface area (Å²) in [7, 11) is 0. The first-order valence-corrected chi connectivity index (χ1v) is 11.0. The van der Waals surface area contributed by atoms with Gasteiger partial charge in [0.15, 0.2) is 4.34 Å². The Bertz CT molecular complexity index is 942. The minimum absolute atomic E-state index is 0.256. The molecule has 1 saturated heterocycles. The summed E-state index contributed by atoms with van der Waals surface area (Å²) in [6.45, 7) is 3.05. The fourth-order valence-corrected chi connectivity index (χ4v) is 5.00. The number of ether oxygens (including phenoxy) is 1. The highest BCUT2D eigenvalue weighted by molar-refractivity contribution is 8.00. The summed E-state index contributed by atoms with van der Waals surface area (Å²) in [4.78, 5) is 14.4. The average molecular weight is 439 g/mol. The lowest BCUT2D eigenvalue weighted by Gasteiger charge is -2.25. The van der Waals surface area contributed by atoms with Gasteiger partial charge in [0.25, 0.3) is 5.91 Å². The van der Waals surface area contributed by atoms with Gasteiger partial charge in [0.05, 0.1) is 19.0 Å². The van der Waals surface area contributed by atoms with Crippen LogP contribution in [0.4, 0.5) is 15.2 Å². The van der Waals surface area contributed by atoms with E-state index in [1.165, 1.54) is 58.7 Å². The molecule has 4 rings (SSSR count). The van der Waals surface area contributed by atoms with Gasteiger partial charge in [0, 0.05) is 18.8 Å². The Morgan fingerprint density at radius 3 is 2.71 bits per heavy atom. The SMILES string of the molecule is O=C(Nc1ccc(F)cc1)c1nnc(CSc2nnc(N3CCOCC3)s2)s1. The third-order valence-electron chi connectivity index (χ3n) is 3.76. The predicted molar refractivity (Wildman–Crippen MR) is 107 cm³/mol. The summed E-state index contributed by atoms with van der Waals surface area (Å²) < 4.78 is 19.1. The van der Waals surface area contributed by atoms with Crippen LogP contribution in [0.5, 0.6) is 0 Å². The Kier molecular flexibility index (Phi) is 6.10. The lowest BCUT2D eigenvalue weighted by Crippen LogP contribution is -2.36. The Balaban J connectivity index is 1.31. The summed E-state index contributed by atoms with van der Waals surface area (Å²) >= 11 is 4.26. The molecule has 1 N–H and O–H groups in total. The number of halogens is 1. The largest absolute Gasteiger partial charge is 0.378 e. The van der Waals surface area contributed by atoms with Gasteiger partial charge < -0.3 is 15.0 Å². The number of anilines is 2. The molecule has 0 bridgehead atoms. The second-order valence-corrected chi connectivity index (χ2v) is 8.94. The number of morpholine rings is 1. The number of nitrogens with one attached hydrogen (secondary N) is 1. The van der Waals surface area contributed by atoms with E-state index in [9.17, 15) is 9.18 Å². The molecule has 1 aromatic carbocycles. The molecule has 0 aliphatic carbocycles. The van der Waals surface area contributed by atoms with Gasteiger partial charge in [0.1, 0.15) is 10.8 Å². The minimum atomic E-state index is -0.370. The van der Waals surface area contributed by atoms with Crippen LogP contribution in [0.1, 0.15) is 14.8 Å². The maximum Gasteiger partial charge on any atom is 0.286 e. The van der Waals surface area contributed by atoms with Gasteiger partial charge >= 0.3 is 0 Å². The molecular formula is C16H15FN6O2S3. The van der Waals surface area contributed by atoms with Crippen LogP contribution in [0, 0.1) is 5.82 Å². The van der Waals surface area contributed by atoms with Crippen LogP contribution in [0.25, 0.3) is 0 Å². The monoisotopic (exact) mass is 438 g/mol. The number of thioether (sulfide) groups is 1. The first-order chi connectivity index (χ1) is 13.7. The van der Waals surface area contributed by atoms with Crippen LogP contribution in [-0.2, 0) is 10.5 Å². The van der Waals surface area contributed by atoms with Crippen molar-refractivity contribution in [2.75, 3.05) is 36.5 Å². The highest BCUT2D eigenvalue weighted by Gasteiger charge is 2.17. The van der Waals surface area contributed by atoms with Crippen molar-refractivity contribution in [3.8, 4) is 0 Å². The lowest BCUT2D eigenvalue weighted by atomic mass is 10.3. The second kappa shape index (κ2) is 8.90. The van der Waals surface area contributed by atoms with Crippen LogP contribution in [0.15, 0.2) is 28.6 Å². The van der Waals surface area contributed by atoms with Crippen molar-refractivity contribution < 1.29 is 13.9 Å². The van der Waals surface area contributed by atoms with E-state index in [-0.39, 0.29) is 16.7 Å². The quantitative estimate of drug-likeness (QED) is 0.587. The second-order valence-electron chi connectivity index (χ2n) is 5.70. The van der Waals surface area contributed by atoms with E-state index < -0.39 is 0 Å². The van der Waals surface area contributed by atoms with Crippen molar-refractivity contribution in [2.24, 2.45) is 0 Å². The molecule has 1 fully saturated rings. The number of carbonyl (C=O) groups is 1. The third kappa shape index (κ3) is 4.82. The zero-order chi connectivity index (χ0) is 19.3. The van der Waals surface area contributed by atoms with Crippen molar-refractivity contribution >= 4 is 51.2 Å². The maximum atomic E-state index is 12.9. The average Bonchev–Trinajstić information content (AvgIpc) is 3.38. The van der Waals surface area contributed by atoms with E-state index in [4.69, 9.17) is 4.74 Å². The molecule has 1 aliphatic rings. The highest BCUT2D eigenvalue weighted by Crippen LogP contribution is 2.31. The maximum absolute atomic E-state index is 12.9. The number of benzene rings is 1. The van der Waals surface area contributed by atoms with Gasteiger partial charge in [-0.3, -0.25) is 4.79 Å². The Morgan fingerprint density at radius 1 is 1.14 bits per heavy atom. The van der Waals surface area contributed by atoms with Crippen LogP contribution in [0.3, 0.4) is 0 Å². The van der Waals surface area contributed by atoms with Gasteiger partial charge in [-0.2, -0.15) is 0 Å². The van der Waals surface area contributed by atoms with Gasteiger partial charge in [-0.05, 0) is 24.3 Å². The third-order valence-corrected chi connectivity index (χ3v) is 6.99. The van der Waals surface area contributed by atoms with Crippen molar-refractivity contribution in [1.82, 2.24) is 20.4 Å². The molecule has 146 valence electrons. The van der Waals surface area contributed by atoms with E-state index in [1.807, 2.05) is 0 Å². The molecule has 1 amide bonds. The molecule has 3 heterocycles. The Morgan fingerprint density at radius 2 is 1.93 bits per heavy atom.